The van der Waals surface area contributed by atoms with E-state index in [1.54, 1.807) is 18.2 Å². The maximum Gasteiger partial charge on any atom is 0.232 e. The van der Waals surface area contributed by atoms with E-state index < -0.39 is 10.0 Å². The molecule has 0 amide bonds. The van der Waals surface area contributed by atoms with E-state index in [0.717, 1.165) is 10.6 Å². The second-order valence-electron chi connectivity index (χ2n) is 4.35. The second-order valence-corrected chi connectivity index (χ2v) is 7.55. The lowest BCUT2D eigenvalue weighted by atomic mass is 10.2. The molecule has 22 heavy (non-hydrogen) atoms. The van der Waals surface area contributed by atoms with Crippen LogP contribution >= 0.6 is 34.8 Å². The summed E-state index contributed by atoms with van der Waals surface area (Å²) >= 11 is 17.7. The molecule has 0 radical (unpaired) electrons. The van der Waals surface area contributed by atoms with Crippen LogP contribution in [-0.2, 0) is 10.0 Å². The maximum atomic E-state index is 11.7. The van der Waals surface area contributed by atoms with Crippen molar-refractivity contribution in [2.75, 3.05) is 22.9 Å². The summed E-state index contributed by atoms with van der Waals surface area (Å²) in [7, 11) is -2.01. The summed E-state index contributed by atoms with van der Waals surface area (Å²) in [5.74, 6) is 0.243. The van der Waals surface area contributed by atoms with E-state index in [9.17, 15) is 8.42 Å². The Morgan fingerprint density at radius 2 is 1.91 bits per heavy atom. The standard InChI is InChI=1S/C12H11Cl3N4O2S/c1-19(22(2,20)21)10-4-3-7(13)5-9(10)17-11-8(14)6-16-12(15)18-11/h3-6H,1-2H3,(H,16,17,18). The lowest BCUT2D eigenvalue weighted by molar-refractivity contribution is 0.600. The Labute approximate surface area is 143 Å². The van der Waals surface area contributed by atoms with Gasteiger partial charge in [-0.05, 0) is 29.8 Å². The molecule has 1 N–H and O–H groups in total. The number of hydrogen-bond acceptors (Lipinski definition) is 5. The fourth-order valence-corrected chi connectivity index (χ4v) is 2.58. The second kappa shape index (κ2) is 6.45. The van der Waals surface area contributed by atoms with Crippen molar-refractivity contribution in [2.24, 2.45) is 0 Å². The quantitative estimate of drug-likeness (QED) is 0.819. The first-order valence-corrected chi connectivity index (χ1v) is 8.85. The number of hydrogen-bond donors (Lipinski definition) is 1. The summed E-state index contributed by atoms with van der Waals surface area (Å²) in [6, 6.07) is 4.71. The minimum atomic E-state index is -3.44. The highest BCUT2D eigenvalue weighted by molar-refractivity contribution is 7.92. The van der Waals surface area contributed by atoms with Gasteiger partial charge in [0.1, 0.15) is 5.02 Å². The molecule has 0 saturated heterocycles. The fraction of sp³-hybridized carbons (Fsp3) is 0.167. The van der Waals surface area contributed by atoms with Gasteiger partial charge in [-0.15, -0.1) is 0 Å². The molecular weight excluding hydrogens is 371 g/mol. The molecule has 6 nitrogen and oxygen atoms in total. The van der Waals surface area contributed by atoms with Gasteiger partial charge in [-0.3, -0.25) is 4.31 Å². The van der Waals surface area contributed by atoms with Gasteiger partial charge < -0.3 is 5.32 Å². The summed E-state index contributed by atoms with van der Waals surface area (Å²) in [5, 5.41) is 3.58. The number of anilines is 3. The highest BCUT2D eigenvalue weighted by Gasteiger charge is 2.17. The van der Waals surface area contributed by atoms with Gasteiger partial charge in [0.15, 0.2) is 5.82 Å². The highest BCUT2D eigenvalue weighted by Crippen LogP contribution is 2.33. The molecule has 0 aliphatic rings. The van der Waals surface area contributed by atoms with Gasteiger partial charge in [0.25, 0.3) is 0 Å². The molecule has 2 rings (SSSR count). The zero-order valence-electron chi connectivity index (χ0n) is 11.5. The normalized spacial score (nSPS) is 11.3. The lowest BCUT2D eigenvalue weighted by Gasteiger charge is -2.21. The van der Waals surface area contributed by atoms with Crippen LogP contribution in [-0.4, -0.2) is 31.7 Å². The first-order chi connectivity index (χ1) is 10.2. The monoisotopic (exact) mass is 380 g/mol. The molecule has 0 unspecified atom stereocenters. The predicted octanol–water partition coefficient (Wildman–Crippen LogP) is 3.58. The zero-order valence-corrected chi connectivity index (χ0v) is 14.6. The Morgan fingerprint density at radius 3 is 2.55 bits per heavy atom. The van der Waals surface area contributed by atoms with Gasteiger partial charge >= 0.3 is 0 Å². The minimum absolute atomic E-state index is 0.00643. The van der Waals surface area contributed by atoms with Crippen LogP contribution < -0.4 is 9.62 Å². The van der Waals surface area contributed by atoms with Crippen LogP contribution in [0, 0.1) is 0 Å². The van der Waals surface area contributed by atoms with Crippen LogP contribution in [0.5, 0.6) is 0 Å². The molecule has 0 aliphatic carbocycles. The fourth-order valence-electron chi connectivity index (χ4n) is 1.62. The summed E-state index contributed by atoms with van der Waals surface area (Å²) < 4.78 is 24.6. The van der Waals surface area contributed by atoms with Crippen molar-refractivity contribution in [3.05, 3.63) is 39.7 Å². The Hall–Kier alpha value is -1.28. The lowest BCUT2D eigenvalue weighted by Crippen LogP contribution is -2.25. The largest absolute Gasteiger partial charge is 0.337 e. The highest BCUT2D eigenvalue weighted by atomic mass is 35.5. The molecule has 0 bridgehead atoms. The Kier molecular flexibility index (Phi) is 5.01. The number of sulfonamides is 1. The average Bonchev–Trinajstić information content (AvgIpc) is 2.41. The van der Waals surface area contributed by atoms with E-state index >= 15 is 0 Å². The average molecular weight is 382 g/mol. The van der Waals surface area contributed by atoms with E-state index in [0.29, 0.717) is 16.4 Å². The number of halogens is 3. The van der Waals surface area contributed by atoms with Crippen LogP contribution in [0.3, 0.4) is 0 Å². The third kappa shape index (κ3) is 3.92. The van der Waals surface area contributed by atoms with Crippen LogP contribution in [0.4, 0.5) is 17.2 Å². The molecular formula is C12H11Cl3N4O2S. The van der Waals surface area contributed by atoms with E-state index in [-0.39, 0.29) is 16.1 Å². The smallest absolute Gasteiger partial charge is 0.232 e. The summed E-state index contributed by atoms with van der Waals surface area (Å²) in [5.41, 5.74) is 0.801. The van der Waals surface area contributed by atoms with E-state index in [1.807, 2.05) is 0 Å². The predicted molar refractivity (Wildman–Crippen MR) is 90.0 cm³/mol. The minimum Gasteiger partial charge on any atom is -0.337 e. The first kappa shape index (κ1) is 17.1. The van der Waals surface area contributed by atoms with Crippen molar-refractivity contribution >= 4 is 62.0 Å². The van der Waals surface area contributed by atoms with E-state index in [2.05, 4.69) is 15.3 Å². The Bertz CT molecular complexity index is 814. The Balaban J connectivity index is 2.50. The molecule has 1 heterocycles. The summed E-state index contributed by atoms with van der Waals surface area (Å²) in [6.07, 6.45) is 2.43. The van der Waals surface area contributed by atoms with Gasteiger partial charge in [0.05, 0.1) is 23.8 Å². The molecule has 0 aliphatic heterocycles. The molecule has 0 fully saturated rings. The van der Waals surface area contributed by atoms with Crippen LogP contribution in [0.1, 0.15) is 0 Å². The SMILES string of the molecule is CN(c1ccc(Cl)cc1Nc1nc(Cl)ncc1Cl)S(C)(=O)=O. The third-order valence-electron chi connectivity index (χ3n) is 2.76. The van der Waals surface area contributed by atoms with Crippen molar-refractivity contribution in [1.29, 1.82) is 0 Å². The van der Waals surface area contributed by atoms with Gasteiger partial charge in [-0.1, -0.05) is 23.2 Å². The van der Waals surface area contributed by atoms with Gasteiger partial charge in [0, 0.05) is 12.1 Å². The molecule has 1 aromatic carbocycles. The molecule has 10 heteroatoms. The van der Waals surface area contributed by atoms with E-state index in [1.165, 1.54) is 13.2 Å². The number of rotatable bonds is 4. The Morgan fingerprint density at radius 1 is 1.23 bits per heavy atom. The number of nitrogens with zero attached hydrogens (tertiary/aromatic N) is 3. The first-order valence-electron chi connectivity index (χ1n) is 5.87. The van der Waals surface area contributed by atoms with Crippen LogP contribution in [0.15, 0.2) is 24.4 Å². The van der Waals surface area contributed by atoms with E-state index in [4.69, 9.17) is 34.8 Å². The zero-order chi connectivity index (χ0) is 16.5. The third-order valence-corrected chi connectivity index (χ3v) is 4.65. The van der Waals surface area contributed by atoms with Crippen molar-refractivity contribution in [2.45, 2.75) is 0 Å². The number of nitrogens with one attached hydrogen (secondary N) is 1. The topological polar surface area (TPSA) is 75.2 Å². The number of aromatic nitrogens is 2. The van der Waals surface area contributed by atoms with Crippen molar-refractivity contribution in [3.8, 4) is 0 Å². The summed E-state index contributed by atoms with van der Waals surface area (Å²) in [4.78, 5) is 7.71. The molecule has 118 valence electrons. The van der Waals surface area contributed by atoms with Gasteiger partial charge in [-0.25, -0.2) is 13.4 Å². The van der Waals surface area contributed by atoms with Crippen LogP contribution in [0.2, 0.25) is 15.3 Å². The molecule has 0 saturated carbocycles. The number of benzene rings is 1. The molecule has 2 aromatic rings. The van der Waals surface area contributed by atoms with Crippen LogP contribution in [0.25, 0.3) is 0 Å². The van der Waals surface area contributed by atoms with Crippen molar-refractivity contribution in [1.82, 2.24) is 9.97 Å². The van der Waals surface area contributed by atoms with Crippen molar-refractivity contribution in [3.63, 3.8) is 0 Å². The molecule has 0 spiro atoms. The maximum absolute atomic E-state index is 11.7. The van der Waals surface area contributed by atoms with Gasteiger partial charge in [-0.2, -0.15) is 4.98 Å². The summed E-state index contributed by atoms with van der Waals surface area (Å²) in [6.45, 7) is 0. The molecule has 0 atom stereocenters. The van der Waals surface area contributed by atoms with Crippen molar-refractivity contribution < 1.29 is 8.42 Å². The molecule has 1 aromatic heterocycles. The van der Waals surface area contributed by atoms with Gasteiger partial charge in [0.2, 0.25) is 15.3 Å².